The molecule has 0 atom stereocenters. The van der Waals surface area contributed by atoms with E-state index in [-0.39, 0.29) is 11.1 Å². The van der Waals surface area contributed by atoms with Crippen molar-refractivity contribution in [1.82, 2.24) is 0 Å². The fourth-order valence-electron chi connectivity index (χ4n) is 2.97. The predicted octanol–water partition coefficient (Wildman–Crippen LogP) is 5.73. The molecule has 30 heavy (non-hydrogen) atoms. The highest BCUT2D eigenvalue weighted by Gasteiger charge is 2.25. The van der Waals surface area contributed by atoms with Gasteiger partial charge in [0.1, 0.15) is 0 Å². The summed E-state index contributed by atoms with van der Waals surface area (Å²) < 4.78 is 17.6. The molecule has 0 aromatic heterocycles. The zero-order valence-electron chi connectivity index (χ0n) is 17.9. The molecular formula is C24H26INO4. The molecule has 0 aliphatic carbocycles. The van der Waals surface area contributed by atoms with Crippen molar-refractivity contribution in [3.8, 4) is 11.5 Å². The van der Waals surface area contributed by atoms with Gasteiger partial charge in [0.25, 0.3) is 0 Å². The monoisotopic (exact) mass is 519 g/mol. The minimum Gasteiger partial charge on any atom is -0.493 e. The first-order valence-corrected chi connectivity index (χ1v) is 10.9. The van der Waals surface area contributed by atoms with E-state index in [0.717, 1.165) is 21.1 Å². The van der Waals surface area contributed by atoms with Crippen LogP contribution in [0.3, 0.4) is 0 Å². The molecular weight excluding hydrogens is 493 g/mol. The zero-order chi connectivity index (χ0) is 21.9. The van der Waals surface area contributed by atoms with E-state index in [0.29, 0.717) is 24.0 Å². The number of carbonyl (C=O) groups is 1. The van der Waals surface area contributed by atoms with Crippen molar-refractivity contribution < 1.29 is 19.0 Å². The third kappa shape index (κ3) is 5.03. The molecule has 2 aromatic carbocycles. The first kappa shape index (κ1) is 22.3. The van der Waals surface area contributed by atoms with Crippen LogP contribution in [0.5, 0.6) is 11.5 Å². The molecule has 0 unspecified atom stereocenters. The molecule has 1 aliphatic heterocycles. The minimum atomic E-state index is -0.467. The molecule has 0 spiro atoms. The molecule has 2 aromatic rings. The number of cyclic esters (lactones) is 1. The first-order valence-electron chi connectivity index (χ1n) is 9.86. The van der Waals surface area contributed by atoms with Crippen molar-refractivity contribution >= 4 is 40.5 Å². The highest BCUT2D eigenvalue weighted by atomic mass is 127. The molecule has 6 heteroatoms. The molecule has 1 heterocycles. The maximum Gasteiger partial charge on any atom is 0.363 e. The normalized spacial score (nSPS) is 15.2. The van der Waals surface area contributed by atoms with Crippen molar-refractivity contribution in [3.05, 3.63) is 62.4 Å². The van der Waals surface area contributed by atoms with Crippen LogP contribution in [0.4, 0.5) is 0 Å². The SMILES string of the molecule is CCCOc1c(I)cc(/C=C2/N=C(c3ccc(C(C)(C)C)cc3)OC2=O)cc1OC. The standard InChI is InChI=1S/C24H26INO4/c1-6-11-29-21-18(25)12-15(14-20(21)28-5)13-19-23(27)30-22(26-19)16-7-9-17(10-8-16)24(2,3)4/h7-10,12-14H,6,11H2,1-5H3/b19-13+. The molecule has 0 bridgehead atoms. The lowest BCUT2D eigenvalue weighted by Crippen LogP contribution is -2.11. The van der Waals surface area contributed by atoms with Crippen LogP contribution >= 0.6 is 22.6 Å². The summed E-state index contributed by atoms with van der Waals surface area (Å²) in [6.45, 7) is 9.13. The molecule has 0 saturated heterocycles. The Morgan fingerprint density at radius 1 is 1.17 bits per heavy atom. The first-order chi connectivity index (χ1) is 14.2. The Hall–Kier alpha value is -2.35. The van der Waals surface area contributed by atoms with Crippen molar-refractivity contribution in [3.63, 3.8) is 0 Å². The number of rotatable bonds is 6. The Morgan fingerprint density at radius 2 is 1.87 bits per heavy atom. The number of nitrogens with zero attached hydrogens (tertiary/aromatic N) is 1. The van der Waals surface area contributed by atoms with E-state index in [1.165, 1.54) is 5.56 Å². The molecule has 5 nitrogen and oxygen atoms in total. The molecule has 158 valence electrons. The third-order valence-electron chi connectivity index (χ3n) is 4.62. The van der Waals surface area contributed by atoms with E-state index in [1.54, 1.807) is 13.2 Å². The maximum absolute atomic E-state index is 12.4. The zero-order valence-corrected chi connectivity index (χ0v) is 20.1. The Kier molecular flexibility index (Phi) is 6.85. The minimum absolute atomic E-state index is 0.0565. The number of halogens is 1. The van der Waals surface area contributed by atoms with Crippen LogP contribution in [0.25, 0.3) is 6.08 Å². The largest absolute Gasteiger partial charge is 0.493 e. The molecule has 0 N–H and O–H groups in total. The van der Waals surface area contributed by atoms with Crippen molar-refractivity contribution in [2.75, 3.05) is 13.7 Å². The van der Waals surface area contributed by atoms with Gasteiger partial charge in [-0.2, -0.15) is 0 Å². The quantitative estimate of drug-likeness (QED) is 0.278. The third-order valence-corrected chi connectivity index (χ3v) is 5.43. The Bertz CT molecular complexity index is 1000. The van der Waals surface area contributed by atoms with Gasteiger partial charge in [-0.05, 0) is 75.9 Å². The lowest BCUT2D eigenvalue weighted by Gasteiger charge is -2.18. The number of methoxy groups -OCH3 is 1. The topological polar surface area (TPSA) is 57.1 Å². The summed E-state index contributed by atoms with van der Waals surface area (Å²) in [7, 11) is 1.60. The van der Waals surface area contributed by atoms with Gasteiger partial charge in [-0.1, -0.05) is 39.8 Å². The summed E-state index contributed by atoms with van der Waals surface area (Å²) in [6.07, 6.45) is 2.61. The second-order valence-electron chi connectivity index (χ2n) is 8.05. The van der Waals surface area contributed by atoms with E-state index in [4.69, 9.17) is 14.2 Å². The smallest absolute Gasteiger partial charge is 0.363 e. The van der Waals surface area contributed by atoms with E-state index < -0.39 is 5.97 Å². The maximum atomic E-state index is 12.4. The van der Waals surface area contributed by atoms with Gasteiger partial charge >= 0.3 is 5.97 Å². The van der Waals surface area contributed by atoms with Gasteiger partial charge in [-0.15, -0.1) is 0 Å². The summed E-state index contributed by atoms with van der Waals surface area (Å²) in [6, 6.07) is 11.7. The Balaban J connectivity index is 1.89. The number of carbonyl (C=O) groups excluding carboxylic acids is 1. The van der Waals surface area contributed by atoms with E-state index >= 15 is 0 Å². The van der Waals surface area contributed by atoms with E-state index in [1.807, 2.05) is 36.4 Å². The Labute approximate surface area is 191 Å². The summed E-state index contributed by atoms with van der Waals surface area (Å²) in [4.78, 5) is 16.8. The van der Waals surface area contributed by atoms with Crippen LogP contribution in [-0.4, -0.2) is 25.6 Å². The summed E-state index contributed by atoms with van der Waals surface area (Å²) in [5, 5.41) is 0. The lowest BCUT2D eigenvalue weighted by atomic mass is 9.87. The van der Waals surface area contributed by atoms with E-state index in [9.17, 15) is 4.79 Å². The second-order valence-corrected chi connectivity index (χ2v) is 9.21. The highest BCUT2D eigenvalue weighted by molar-refractivity contribution is 14.1. The number of hydrogen-bond donors (Lipinski definition) is 0. The second kappa shape index (κ2) is 9.20. The molecule has 3 rings (SSSR count). The summed E-state index contributed by atoms with van der Waals surface area (Å²) in [5.74, 6) is 1.18. The van der Waals surface area contributed by atoms with Gasteiger partial charge in [-0.25, -0.2) is 9.79 Å². The van der Waals surface area contributed by atoms with Crippen molar-refractivity contribution in [2.24, 2.45) is 4.99 Å². The van der Waals surface area contributed by atoms with Crippen molar-refractivity contribution in [1.29, 1.82) is 0 Å². The number of ether oxygens (including phenoxy) is 3. The van der Waals surface area contributed by atoms with Crippen LogP contribution in [0.1, 0.15) is 50.8 Å². The molecule has 1 aliphatic rings. The molecule has 0 radical (unpaired) electrons. The number of esters is 1. The molecule has 0 fully saturated rings. The van der Waals surface area contributed by atoms with E-state index in [2.05, 4.69) is 55.3 Å². The van der Waals surface area contributed by atoms with Crippen LogP contribution in [0, 0.1) is 3.57 Å². The van der Waals surface area contributed by atoms with Gasteiger partial charge in [0.15, 0.2) is 17.2 Å². The number of benzene rings is 2. The fraction of sp³-hybridized carbons (Fsp3) is 0.333. The van der Waals surface area contributed by atoms with Crippen LogP contribution in [-0.2, 0) is 14.9 Å². The van der Waals surface area contributed by atoms with Gasteiger partial charge in [0, 0.05) is 5.56 Å². The van der Waals surface area contributed by atoms with Crippen LogP contribution in [0.2, 0.25) is 0 Å². The fourth-order valence-corrected chi connectivity index (χ4v) is 3.75. The predicted molar refractivity (Wildman–Crippen MR) is 127 cm³/mol. The molecule has 0 amide bonds. The number of hydrogen-bond acceptors (Lipinski definition) is 5. The van der Waals surface area contributed by atoms with Crippen LogP contribution in [0.15, 0.2) is 47.1 Å². The highest BCUT2D eigenvalue weighted by Crippen LogP contribution is 2.35. The van der Waals surface area contributed by atoms with Gasteiger partial charge < -0.3 is 14.2 Å². The molecule has 0 saturated carbocycles. The number of aliphatic imine (C=N–C) groups is 1. The lowest BCUT2D eigenvalue weighted by molar-refractivity contribution is -0.129. The van der Waals surface area contributed by atoms with Gasteiger partial charge in [0.05, 0.1) is 17.3 Å². The van der Waals surface area contributed by atoms with Crippen LogP contribution < -0.4 is 9.47 Å². The summed E-state index contributed by atoms with van der Waals surface area (Å²) >= 11 is 2.20. The van der Waals surface area contributed by atoms with Crippen molar-refractivity contribution in [2.45, 2.75) is 39.5 Å². The Morgan fingerprint density at radius 3 is 2.47 bits per heavy atom. The van der Waals surface area contributed by atoms with Gasteiger partial charge in [0.2, 0.25) is 5.90 Å². The summed E-state index contributed by atoms with van der Waals surface area (Å²) in [5.41, 5.74) is 3.08. The van der Waals surface area contributed by atoms with Gasteiger partial charge in [-0.3, -0.25) is 0 Å². The average Bonchev–Trinajstić information content (AvgIpc) is 3.06. The average molecular weight is 519 g/mol.